The van der Waals surface area contributed by atoms with E-state index in [2.05, 4.69) is 20.8 Å². The first kappa shape index (κ1) is 22.5. The van der Waals surface area contributed by atoms with Crippen molar-refractivity contribution in [3.63, 3.8) is 0 Å². The number of para-hydroxylation sites is 2. The first-order chi connectivity index (χ1) is 15.8. The van der Waals surface area contributed by atoms with Gasteiger partial charge in [-0.25, -0.2) is 10.0 Å². The van der Waals surface area contributed by atoms with Gasteiger partial charge in [0, 0.05) is 12.0 Å². The third kappa shape index (κ3) is 4.58. The summed E-state index contributed by atoms with van der Waals surface area (Å²) in [6.07, 6.45) is 0.298. The van der Waals surface area contributed by atoms with E-state index in [0.29, 0.717) is 16.9 Å². The van der Waals surface area contributed by atoms with E-state index < -0.39 is 5.92 Å². The van der Waals surface area contributed by atoms with Gasteiger partial charge < -0.3 is 0 Å². The zero-order valence-corrected chi connectivity index (χ0v) is 19.2. The van der Waals surface area contributed by atoms with Crippen molar-refractivity contribution in [1.29, 1.82) is 0 Å². The van der Waals surface area contributed by atoms with Crippen LogP contribution in [0.3, 0.4) is 0 Å². The van der Waals surface area contributed by atoms with E-state index >= 15 is 0 Å². The average molecular weight is 441 g/mol. The molecule has 3 aromatic rings. The van der Waals surface area contributed by atoms with Gasteiger partial charge in [0.25, 0.3) is 11.8 Å². The Hall–Kier alpha value is -3.73. The Morgan fingerprint density at radius 3 is 1.61 bits per heavy atom. The van der Waals surface area contributed by atoms with Crippen LogP contribution in [0.4, 0.5) is 11.4 Å². The van der Waals surface area contributed by atoms with Crippen LogP contribution < -0.4 is 10.0 Å². The maximum absolute atomic E-state index is 13.4. The maximum Gasteiger partial charge on any atom is 0.258 e. The molecule has 33 heavy (non-hydrogen) atoms. The summed E-state index contributed by atoms with van der Waals surface area (Å²) in [7, 11) is 0. The lowest BCUT2D eigenvalue weighted by molar-refractivity contribution is -0.127. The minimum absolute atomic E-state index is 0.00601. The molecule has 2 amide bonds. The molecule has 1 heterocycles. The molecule has 0 N–H and O–H groups in total. The Bertz CT molecular complexity index is 1090. The highest BCUT2D eigenvalue weighted by atomic mass is 16.2. The summed E-state index contributed by atoms with van der Waals surface area (Å²) in [5.41, 5.74) is 2.99. The molecule has 1 saturated heterocycles. The standard InChI is InChI=1S/C28H28N2O3/c1-28(2,3)21-16-14-20(15-17-21)25(31)19-18-24-26(32)29(22-10-6-4-7-11-22)30(27(24)33)23-12-8-5-9-13-23/h4-17,24H,18-19H2,1-3H3. The number of benzene rings is 3. The van der Waals surface area contributed by atoms with Crippen molar-refractivity contribution in [2.24, 2.45) is 5.92 Å². The lowest BCUT2D eigenvalue weighted by atomic mass is 9.86. The van der Waals surface area contributed by atoms with Gasteiger partial charge in [0.2, 0.25) is 0 Å². The Morgan fingerprint density at radius 1 is 0.727 bits per heavy atom. The van der Waals surface area contributed by atoms with Gasteiger partial charge in [-0.2, -0.15) is 0 Å². The summed E-state index contributed by atoms with van der Waals surface area (Å²) < 4.78 is 0. The second-order valence-electron chi connectivity index (χ2n) is 9.31. The van der Waals surface area contributed by atoms with E-state index in [4.69, 9.17) is 0 Å². The van der Waals surface area contributed by atoms with Crippen LogP contribution in [0.2, 0.25) is 0 Å². The number of hydrogen-bond donors (Lipinski definition) is 0. The summed E-state index contributed by atoms with van der Waals surface area (Å²) in [4.78, 5) is 39.5. The molecule has 0 radical (unpaired) electrons. The topological polar surface area (TPSA) is 57.7 Å². The number of carbonyl (C=O) groups is 3. The first-order valence-corrected chi connectivity index (χ1v) is 11.2. The number of amides is 2. The number of hydrogen-bond acceptors (Lipinski definition) is 3. The van der Waals surface area contributed by atoms with E-state index in [1.165, 1.54) is 10.0 Å². The number of ketones is 1. The molecular formula is C28H28N2O3. The molecule has 0 saturated carbocycles. The maximum atomic E-state index is 13.4. The van der Waals surface area contributed by atoms with Crippen LogP contribution in [-0.2, 0) is 15.0 Å². The summed E-state index contributed by atoms with van der Waals surface area (Å²) in [6, 6.07) is 25.8. The SMILES string of the molecule is CC(C)(C)c1ccc(C(=O)CCC2C(=O)N(c3ccccc3)N(c3ccccc3)C2=O)cc1. The fourth-order valence-corrected chi connectivity index (χ4v) is 4.04. The number of rotatable bonds is 6. The molecule has 0 unspecified atom stereocenters. The van der Waals surface area contributed by atoms with E-state index in [9.17, 15) is 14.4 Å². The van der Waals surface area contributed by atoms with Gasteiger partial charge in [-0.05, 0) is 41.7 Å². The van der Waals surface area contributed by atoms with Crippen LogP contribution >= 0.6 is 0 Å². The Kier molecular flexibility index (Phi) is 6.14. The zero-order chi connectivity index (χ0) is 23.6. The van der Waals surface area contributed by atoms with Crippen molar-refractivity contribution in [1.82, 2.24) is 0 Å². The lowest BCUT2D eigenvalue weighted by Gasteiger charge is -2.27. The molecule has 1 aliphatic rings. The smallest absolute Gasteiger partial charge is 0.258 e. The number of Topliss-reactive ketones (excluding diaryl/α,β-unsaturated/α-hetero) is 1. The van der Waals surface area contributed by atoms with Crippen LogP contribution in [0.25, 0.3) is 0 Å². The molecule has 5 nitrogen and oxygen atoms in total. The summed E-state index contributed by atoms with van der Waals surface area (Å²) in [5.74, 6) is -1.60. The number of hydrazine groups is 1. The normalized spacial score (nSPS) is 14.8. The summed E-state index contributed by atoms with van der Waals surface area (Å²) >= 11 is 0. The molecule has 0 bridgehead atoms. The predicted molar refractivity (Wildman–Crippen MR) is 130 cm³/mol. The first-order valence-electron chi connectivity index (χ1n) is 11.2. The van der Waals surface area contributed by atoms with Gasteiger partial charge in [-0.3, -0.25) is 14.4 Å². The van der Waals surface area contributed by atoms with Crippen molar-refractivity contribution in [2.45, 2.75) is 39.0 Å². The third-order valence-corrected chi connectivity index (χ3v) is 5.95. The molecule has 0 spiro atoms. The predicted octanol–water partition coefficient (Wildman–Crippen LogP) is 5.56. The Morgan fingerprint density at radius 2 is 1.18 bits per heavy atom. The minimum atomic E-state index is -0.900. The molecular weight excluding hydrogens is 412 g/mol. The second-order valence-corrected chi connectivity index (χ2v) is 9.31. The fraction of sp³-hybridized carbons (Fsp3) is 0.250. The van der Waals surface area contributed by atoms with E-state index in [-0.39, 0.29) is 35.9 Å². The third-order valence-electron chi connectivity index (χ3n) is 5.95. The van der Waals surface area contributed by atoms with E-state index in [1.807, 2.05) is 60.7 Å². The highest BCUT2D eigenvalue weighted by molar-refractivity contribution is 6.23. The highest BCUT2D eigenvalue weighted by Gasteiger charge is 2.46. The molecule has 0 aliphatic carbocycles. The van der Waals surface area contributed by atoms with Gasteiger partial charge in [0.05, 0.1) is 11.4 Å². The molecule has 1 aliphatic heterocycles. The van der Waals surface area contributed by atoms with Crippen molar-refractivity contribution in [2.75, 3.05) is 10.0 Å². The van der Waals surface area contributed by atoms with Crippen LogP contribution in [0.1, 0.15) is 49.5 Å². The van der Waals surface area contributed by atoms with Gasteiger partial charge in [0.1, 0.15) is 5.92 Å². The highest BCUT2D eigenvalue weighted by Crippen LogP contribution is 2.33. The summed E-state index contributed by atoms with van der Waals surface area (Å²) in [6.45, 7) is 6.37. The molecule has 5 heteroatoms. The number of nitrogens with zero attached hydrogens (tertiary/aromatic N) is 2. The fourth-order valence-electron chi connectivity index (χ4n) is 4.04. The van der Waals surface area contributed by atoms with Gasteiger partial charge in [-0.1, -0.05) is 81.4 Å². The number of anilines is 2. The Balaban J connectivity index is 1.55. The van der Waals surface area contributed by atoms with Gasteiger partial charge in [-0.15, -0.1) is 0 Å². The molecule has 4 rings (SSSR count). The largest absolute Gasteiger partial charge is 0.294 e. The average Bonchev–Trinajstić information content (AvgIpc) is 3.07. The van der Waals surface area contributed by atoms with Crippen LogP contribution in [0.15, 0.2) is 84.9 Å². The Labute approximate surface area is 194 Å². The van der Waals surface area contributed by atoms with Crippen molar-refractivity contribution in [3.05, 3.63) is 96.1 Å². The molecule has 0 atom stereocenters. The van der Waals surface area contributed by atoms with Crippen molar-refractivity contribution in [3.8, 4) is 0 Å². The molecule has 168 valence electrons. The van der Waals surface area contributed by atoms with E-state index in [1.54, 1.807) is 24.3 Å². The van der Waals surface area contributed by atoms with Crippen LogP contribution in [0, 0.1) is 5.92 Å². The molecule has 1 fully saturated rings. The van der Waals surface area contributed by atoms with Crippen LogP contribution in [-0.4, -0.2) is 17.6 Å². The summed E-state index contributed by atoms with van der Waals surface area (Å²) in [5, 5.41) is 2.84. The monoisotopic (exact) mass is 440 g/mol. The van der Waals surface area contributed by atoms with Crippen molar-refractivity contribution >= 4 is 29.0 Å². The van der Waals surface area contributed by atoms with Gasteiger partial charge >= 0.3 is 0 Å². The van der Waals surface area contributed by atoms with E-state index in [0.717, 1.165) is 5.56 Å². The zero-order valence-electron chi connectivity index (χ0n) is 19.2. The van der Waals surface area contributed by atoms with Crippen LogP contribution in [0.5, 0.6) is 0 Å². The number of carbonyl (C=O) groups excluding carboxylic acids is 3. The van der Waals surface area contributed by atoms with Crippen molar-refractivity contribution < 1.29 is 14.4 Å². The molecule has 0 aromatic heterocycles. The second kappa shape index (κ2) is 9.02. The quantitative estimate of drug-likeness (QED) is 0.373. The molecule has 3 aromatic carbocycles. The van der Waals surface area contributed by atoms with Gasteiger partial charge in [0.15, 0.2) is 5.78 Å². The lowest BCUT2D eigenvalue weighted by Crippen LogP contribution is -2.41. The minimum Gasteiger partial charge on any atom is -0.294 e.